The van der Waals surface area contributed by atoms with E-state index in [1.807, 2.05) is 50.2 Å². The quantitative estimate of drug-likeness (QED) is 0.768. The molecule has 122 valence electrons. The van der Waals surface area contributed by atoms with Gasteiger partial charge in [0.05, 0.1) is 13.2 Å². The number of benzene rings is 2. The maximum atomic E-state index is 11.8. The van der Waals surface area contributed by atoms with Gasteiger partial charge in [0.25, 0.3) is 0 Å². The Bertz CT molecular complexity index is 609. The largest absolute Gasteiger partial charge is 0.494 e. The van der Waals surface area contributed by atoms with Crippen LogP contribution in [0, 0.1) is 6.92 Å². The summed E-state index contributed by atoms with van der Waals surface area (Å²) in [5.74, 6) is 1.58. The Labute approximate surface area is 136 Å². The SMILES string of the molecule is CCOc1ccc(NC(=O)NCCOc2ccc(C)cc2)cc1. The second-order valence-corrected chi connectivity index (χ2v) is 5.00. The smallest absolute Gasteiger partial charge is 0.319 e. The summed E-state index contributed by atoms with van der Waals surface area (Å²) >= 11 is 0. The molecule has 0 unspecified atom stereocenters. The van der Waals surface area contributed by atoms with E-state index in [2.05, 4.69) is 10.6 Å². The van der Waals surface area contributed by atoms with E-state index in [9.17, 15) is 4.79 Å². The summed E-state index contributed by atoms with van der Waals surface area (Å²) in [7, 11) is 0. The second kappa shape index (κ2) is 8.68. The molecule has 0 aromatic heterocycles. The zero-order chi connectivity index (χ0) is 16.5. The van der Waals surface area contributed by atoms with Crippen molar-refractivity contribution in [2.75, 3.05) is 25.1 Å². The van der Waals surface area contributed by atoms with Gasteiger partial charge >= 0.3 is 6.03 Å². The van der Waals surface area contributed by atoms with Crippen LogP contribution >= 0.6 is 0 Å². The summed E-state index contributed by atoms with van der Waals surface area (Å²) < 4.78 is 10.9. The Hall–Kier alpha value is -2.69. The summed E-state index contributed by atoms with van der Waals surface area (Å²) in [5.41, 5.74) is 1.90. The first-order valence-corrected chi connectivity index (χ1v) is 7.64. The molecule has 0 atom stereocenters. The molecule has 0 bridgehead atoms. The third kappa shape index (κ3) is 5.90. The fraction of sp³-hybridized carbons (Fsp3) is 0.278. The van der Waals surface area contributed by atoms with Crippen LogP contribution in [0.5, 0.6) is 11.5 Å². The first-order valence-electron chi connectivity index (χ1n) is 7.64. The number of rotatable bonds is 7. The van der Waals surface area contributed by atoms with E-state index in [0.717, 1.165) is 11.5 Å². The molecule has 0 aliphatic heterocycles. The van der Waals surface area contributed by atoms with Crippen LogP contribution in [0.4, 0.5) is 10.5 Å². The maximum absolute atomic E-state index is 11.8. The van der Waals surface area contributed by atoms with Crippen molar-refractivity contribution < 1.29 is 14.3 Å². The molecule has 2 aromatic rings. The van der Waals surface area contributed by atoms with Gasteiger partial charge in [-0.1, -0.05) is 17.7 Å². The van der Waals surface area contributed by atoms with Gasteiger partial charge in [0.2, 0.25) is 0 Å². The fourth-order valence-corrected chi connectivity index (χ4v) is 1.94. The van der Waals surface area contributed by atoms with Gasteiger partial charge < -0.3 is 20.1 Å². The van der Waals surface area contributed by atoms with Gasteiger partial charge in [-0.3, -0.25) is 0 Å². The van der Waals surface area contributed by atoms with Crippen LogP contribution in [-0.4, -0.2) is 25.8 Å². The lowest BCUT2D eigenvalue weighted by molar-refractivity contribution is 0.247. The number of amides is 2. The van der Waals surface area contributed by atoms with Crippen molar-refractivity contribution in [3.05, 3.63) is 54.1 Å². The van der Waals surface area contributed by atoms with E-state index in [0.29, 0.717) is 25.4 Å². The number of carbonyl (C=O) groups excluding carboxylic acids is 1. The van der Waals surface area contributed by atoms with Crippen molar-refractivity contribution in [3.8, 4) is 11.5 Å². The third-order valence-electron chi connectivity index (χ3n) is 3.10. The van der Waals surface area contributed by atoms with E-state index in [-0.39, 0.29) is 6.03 Å². The number of nitrogens with one attached hydrogen (secondary N) is 2. The van der Waals surface area contributed by atoms with Crippen molar-refractivity contribution in [2.24, 2.45) is 0 Å². The monoisotopic (exact) mass is 314 g/mol. The first-order chi connectivity index (χ1) is 11.2. The molecule has 23 heavy (non-hydrogen) atoms. The summed E-state index contributed by atoms with van der Waals surface area (Å²) in [6.07, 6.45) is 0. The highest BCUT2D eigenvalue weighted by Gasteiger charge is 2.02. The highest BCUT2D eigenvalue weighted by Crippen LogP contribution is 2.15. The highest BCUT2D eigenvalue weighted by molar-refractivity contribution is 5.89. The lowest BCUT2D eigenvalue weighted by Crippen LogP contribution is -2.32. The van der Waals surface area contributed by atoms with Crippen LogP contribution in [0.3, 0.4) is 0 Å². The van der Waals surface area contributed by atoms with E-state index in [4.69, 9.17) is 9.47 Å². The molecule has 2 aromatic carbocycles. The van der Waals surface area contributed by atoms with Gasteiger partial charge in [-0.05, 0) is 50.2 Å². The predicted octanol–water partition coefficient (Wildman–Crippen LogP) is 3.59. The standard InChI is InChI=1S/C18H22N2O3/c1-3-22-16-10-6-15(7-11-16)20-18(21)19-12-13-23-17-8-4-14(2)5-9-17/h4-11H,3,12-13H2,1-2H3,(H2,19,20,21). The van der Waals surface area contributed by atoms with Gasteiger partial charge in [0.1, 0.15) is 18.1 Å². The lowest BCUT2D eigenvalue weighted by Gasteiger charge is -2.10. The van der Waals surface area contributed by atoms with Crippen molar-refractivity contribution in [1.82, 2.24) is 5.32 Å². The number of aryl methyl sites for hydroxylation is 1. The van der Waals surface area contributed by atoms with Crippen LogP contribution in [0.2, 0.25) is 0 Å². The Morgan fingerprint density at radius 2 is 1.57 bits per heavy atom. The highest BCUT2D eigenvalue weighted by atomic mass is 16.5. The Kier molecular flexibility index (Phi) is 6.29. The number of carbonyl (C=O) groups is 1. The minimum Gasteiger partial charge on any atom is -0.494 e. The van der Waals surface area contributed by atoms with Crippen LogP contribution in [0.15, 0.2) is 48.5 Å². The molecule has 0 aliphatic rings. The molecule has 5 heteroatoms. The van der Waals surface area contributed by atoms with E-state index in [1.54, 1.807) is 12.1 Å². The van der Waals surface area contributed by atoms with Crippen molar-refractivity contribution >= 4 is 11.7 Å². The Balaban J connectivity index is 1.67. The number of hydrogen-bond donors (Lipinski definition) is 2. The number of ether oxygens (including phenoxy) is 2. The molecule has 0 fully saturated rings. The van der Waals surface area contributed by atoms with E-state index < -0.39 is 0 Å². The zero-order valence-corrected chi connectivity index (χ0v) is 13.5. The van der Waals surface area contributed by atoms with Crippen LogP contribution in [0.25, 0.3) is 0 Å². The average Bonchev–Trinajstić information content (AvgIpc) is 2.55. The average molecular weight is 314 g/mol. The molecular weight excluding hydrogens is 292 g/mol. The molecule has 2 amide bonds. The predicted molar refractivity (Wildman–Crippen MR) is 91.3 cm³/mol. The molecule has 0 spiro atoms. The van der Waals surface area contributed by atoms with Gasteiger partial charge in [-0.25, -0.2) is 4.79 Å². The Morgan fingerprint density at radius 3 is 2.22 bits per heavy atom. The second-order valence-electron chi connectivity index (χ2n) is 5.00. The minimum absolute atomic E-state index is 0.262. The van der Waals surface area contributed by atoms with Crippen LogP contribution < -0.4 is 20.1 Å². The lowest BCUT2D eigenvalue weighted by atomic mass is 10.2. The van der Waals surface area contributed by atoms with E-state index in [1.165, 1.54) is 5.56 Å². The number of hydrogen-bond acceptors (Lipinski definition) is 3. The molecule has 0 saturated carbocycles. The van der Waals surface area contributed by atoms with E-state index >= 15 is 0 Å². The molecule has 2 N–H and O–H groups in total. The van der Waals surface area contributed by atoms with Gasteiger partial charge in [0, 0.05) is 5.69 Å². The molecule has 0 heterocycles. The fourth-order valence-electron chi connectivity index (χ4n) is 1.94. The Morgan fingerprint density at radius 1 is 0.957 bits per heavy atom. The topological polar surface area (TPSA) is 59.6 Å². The summed E-state index contributed by atoms with van der Waals surface area (Å²) in [4.78, 5) is 11.8. The minimum atomic E-state index is -0.262. The third-order valence-corrected chi connectivity index (χ3v) is 3.10. The summed E-state index contributed by atoms with van der Waals surface area (Å²) in [6.45, 7) is 5.42. The molecule has 0 saturated heterocycles. The molecule has 0 aliphatic carbocycles. The van der Waals surface area contributed by atoms with Gasteiger partial charge in [-0.2, -0.15) is 0 Å². The molecule has 0 radical (unpaired) electrons. The normalized spacial score (nSPS) is 10.0. The molecule has 5 nitrogen and oxygen atoms in total. The summed E-state index contributed by atoms with van der Waals surface area (Å²) in [6, 6.07) is 14.8. The zero-order valence-electron chi connectivity index (χ0n) is 13.5. The first kappa shape index (κ1) is 16.7. The molecule has 2 rings (SSSR count). The number of urea groups is 1. The summed E-state index contributed by atoms with van der Waals surface area (Å²) in [5, 5.41) is 5.50. The van der Waals surface area contributed by atoms with Crippen LogP contribution in [-0.2, 0) is 0 Å². The maximum Gasteiger partial charge on any atom is 0.319 e. The van der Waals surface area contributed by atoms with Gasteiger partial charge in [-0.15, -0.1) is 0 Å². The van der Waals surface area contributed by atoms with Crippen molar-refractivity contribution in [3.63, 3.8) is 0 Å². The number of anilines is 1. The van der Waals surface area contributed by atoms with Gasteiger partial charge in [0.15, 0.2) is 0 Å². The molecular formula is C18H22N2O3. The van der Waals surface area contributed by atoms with Crippen molar-refractivity contribution in [2.45, 2.75) is 13.8 Å². The van der Waals surface area contributed by atoms with Crippen molar-refractivity contribution in [1.29, 1.82) is 0 Å². The van der Waals surface area contributed by atoms with Crippen LogP contribution in [0.1, 0.15) is 12.5 Å².